The second kappa shape index (κ2) is 8.40. The fourth-order valence-corrected chi connectivity index (χ4v) is 3.15. The Bertz CT molecular complexity index is 681. The van der Waals surface area contributed by atoms with Gasteiger partial charge >= 0.3 is 0 Å². The molecule has 1 aliphatic heterocycles. The lowest BCUT2D eigenvalue weighted by molar-refractivity contribution is 0.168. The van der Waals surface area contributed by atoms with Gasteiger partial charge in [-0.3, -0.25) is 5.43 Å². The van der Waals surface area contributed by atoms with Crippen LogP contribution in [0.5, 0.6) is 5.75 Å². The highest BCUT2D eigenvalue weighted by molar-refractivity contribution is 5.30. The molecule has 0 radical (unpaired) electrons. The van der Waals surface area contributed by atoms with Gasteiger partial charge in [0.1, 0.15) is 11.6 Å². The summed E-state index contributed by atoms with van der Waals surface area (Å²) in [4.78, 5) is 0. The number of benzene rings is 2. The Kier molecular flexibility index (Phi) is 5.99. The summed E-state index contributed by atoms with van der Waals surface area (Å²) in [5, 5.41) is 13.4. The van der Waals surface area contributed by atoms with E-state index in [-0.39, 0.29) is 11.9 Å². The Hall–Kier alpha value is -1.99. The normalized spacial score (nSPS) is 21.2. The van der Waals surface area contributed by atoms with Gasteiger partial charge in [0.15, 0.2) is 0 Å². The fraction of sp³-hybridized carbons (Fsp3) is 0.368. The van der Waals surface area contributed by atoms with Crippen LogP contribution in [0.1, 0.15) is 23.3 Å². The average Bonchev–Trinajstić information content (AvgIpc) is 3.10. The molecule has 4 N–H and O–H groups in total. The maximum absolute atomic E-state index is 13.7. The molecule has 0 amide bonds. The molecule has 3 atom stereocenters. The predicted molar refractivity (Wildman–Crippen MR) is 94.6 cm³/mol. The number of ether oxygens (including phenoxy) is 1. The van der Waals surface area contributed by atoms with Gasteiger partial charge in [-0.05, 0) is 23.8 Å². The van der Waals surface area contributed by atoms with Crippen LogP contribution in [0.15, 0.2) is 48.5 Å². The van der Waals surface area contributed by atoms with E-state index >= 15 is 0 Å². The third kappa shape index (κ3) is 4.35. The number of aliphatic hydroxyl groups is 1. The number of hydrogen-bond acceptors (Lipinski definition) is 5. The zero-order valence-corrected chi connectivity index (χ0v) is 14.2. The summed E-state index contributed by atoms with van der Waals surface area (Å²) in [5.41, 5.74) is 7.97. The number of rotatable bonds is 7. The number of nitrogens with one attached hydrogen (secondary N) is 3. The van der Waals surface area contributed by atoms with E-state index in [0.29, 0.717) is 24.6 Å². The first kappa shape index (κ1) is 17.8. The number of aliphatic hydroxyl groups excluding tert-OH is 1. The fourth-order valence-electron chi connectivity index (χ4n) is 3.15. The van der Waals surface area contributed by atoms with E-state index in [1.165, 1.54) is 11.6 Å². The van der Waals surface area contributed by atoms with Crippen LogP contribution in [0.4, 0.5) is 4.39 Å². The van der Waals surface area contributed by atoms with Crippen molar-refractivity contribution in [2.45, 2.75) is 12.1 Å². The average molecular weight is 345 g/mol. The van der Waals surface area contributed by atoms with Gasteiger partial charge in [-0.25, -0.2) is 9.82 Å². The van der Waals surface area contributed by atoms with E-state index in [4.69, 9.17) is 4.74 Å². The Morgan fingerprint density at radius 3 is 2.72 bits per heavy atom. The first-order valence-corrected chi connectivity index (χ1v) is 8.44. The molecule has 1 aliphatic rings. The Morgan fingerprint density at radius 2 is 2.00 bits per heavy atom. The Labute approximate surface area is 147 Å². The molecule has 0 aromatic heterocycles. The van der Waals surface area contributed by atoms with Gasteiger partial charge in [-0.15, -0.1) is 0 Å². The molecule has 1 saturated heterocycles. The van der Waals surface area contributed by atoms with Crippen molar-refractivity contribution in [2.24, 2.45) is 5.92 Å². The van der Waals surface area contributed by atoms with E-state index in [9.17, 15) is 9.50 Å². The van der Waals surface area contributed by atoms with Gasteiger partial charge in [0.2, 0.25) is 0 Å². The van der Waals surface area contributed by atoms with Gasteiger partial charge in [0.25, 0.3) is 0 Å². The summed E-state index contributed by atoms with van der Waals surface area (Å²) in [6, 6.07) is 14.5. The third-order valence-corrected chi connectivity index (χ3v) is 4.58. The summed E-state index contributed by atoms with van der Waals surface area (Å²) in [7, 11) is 1.65. The highest BCUT2D eigenvalue weighted by Gasteiger charge is 2.28. The molecule has 0 aliphatic carbocycles. The maximum Gasteiger partial charge on any atom is 0.129 e. The molecule has 5 nitrogen and oxygen atoms in total. The molecule has 134 valence electrons. The van der Waals surface area contributed by atoms with Crippen molar-refractivity contribution in [1.29, 1.82) is 0 Å². The van der Waals surface area contributed by atoms with Crippen LogP contribution in [-0.2, 0) is 0 Å². The van der Waals surface area contributed by atoms with Crippen LogP contribution in [0.2, 0.25) is 0 Å². The van der Waals surface area contributed by atoms with Crippen molar-refractivity contribution in [3.8, 4) is 5.75 Å². The molecule has 6 heteroatoms. The van der Waals surface area contributed by atoms with E-state index in [2.05, 4.69) is 16.2 Å². The summed E-state index contributed by atoms with van der Waals surface area (Å²) in [6.45, 7) is 1.84. The van der Waals surface area contributed by atoms with Crippen molar-refractivity contribution < 1.29 is 14.2 Å². The topological polar surface area (TPSA) is 65.5 Å². The molecule has 0 bridgehead atoms. The summed E-state index contributed by atoms with van der Waals surface area (Å²) < 4.78 is 18.9. The highest BCUT2D eigenvalue weighted by atomic mass is 19.1. The molecule has 0 saturated carbocycles. The molecule has 3 rings (SSSR count). The zero-order valence-electron chi connectivity index (χ0n) is 14.2. The molecule has 2 aromatic rings. The maximum atomic E-state index is 13.7. The van der Waals surface area contributed by atoms with E-state index in [1.54, 1.807) is 25.3 Å². The van der Waals surface area contributed by atoms with Crippen LogP contribution in [0.3, 0.4) is 0 Å². The third-order valence-electron chi connectivity index (χ3n) is 4.58. The van der Waals surface area contributed by atoms with Crippen molar-refractivity contribution in [3.63, 3.8) is 0 Å². The van der Waals surface area contributed by atoms with Gasteiger partial charge in [0.05, 0.1) is 19.3 Å². The molecular weight excluding hydrogens is 321 g/mol. The quantitative estimate of drug-likeness (QED) is 0.618. The van der Waals surface area contributed by atoms with Gasteiger partial charge < -0.3 is 15.2 Å². The molecule has 2 aromatic carbocycles. The summed E-state index contributed by atoms with van der Waals surface area (Å²) in [5.74, 6) is 0.774. The minimum atomic E-state index is -0.858. The second-order valence-electron chi connectivity index (χ2n) is 6.23. The lowest BCUT2D eigenvalue weighted by atomic mass is 9.94. The number of halogens is 1. The van der Waals surface area contributed by atoms with Crippen molar-refractivity contribution in [2.75, 3.05) is 26.7 Å². The predicted octanol–water partition coefficient (Wildman–Crippen LogP) is 1.92. The van der Waals surface area contributed by atoms with Gasteiger partial charge in [0, 0.05) is 31.1 Å². The number of hydrazine groups is 1. The first-order valence-electron chi connectivity index (χ1n) is 8.44. The molecular formula is C19H24FN3O2. The standard InChI is InChI=1S/C19H24FN3O2/c1-25-15-8-6-13(7-9-15)19-14(11-22-23-19)10-21-12-18(24)16-4-2-3-5-17(16)20/h2-9,14,18-19,21-24H,10-12H2,1H3. The van der Waals surface area contributed by atoms with Crippen LogP contribution < -0.4 is 20.9 Å². The van der Waals surface area contributed by atoms with Crippen LogP contribution in [0, 0.1) is 11.7 Å². The van der Waals surface area contributed by atoms with E-state index < -0.39 is 6.10 Å². The smallest absolute Gasteiger partial charge is 0.129 e. The molecule has 1 fully saturated rings. The van der Waals surface area contributed by atoms with E-state index in [0.717, 1.165) is 12.3 Å². The minimum Gasteiger partial charge on any atom is -0.497 e. The lowest BCUT2D eigenvalue weighted by Gasteiger charge is -2.21. The molecule has 1 heterocycles. The zero-order chi connectivity index (χ0) is 17.6. The molecule has 0 spiro atoms. The minimum absolute atomic E-state index is 0.170. The molecule has 25 heavy (non-hydrogen) atoms. The van der Waals surface area contributed by atoms with Crippen molar-refractivity contribution >= 4 is 0 Å². The summed E-state index contributed by atoms with van der Waals surface area (Å²) in [6.07, 6.45) is -0.858. The van der Waals surface area contributed by atoms with E-state index in [1.807, 2.05) is 24.3 Å². The van der Waals surface area contributed by atoms with Crippen LogP contribution in [-0.4, -0.2) is 31.9 Å². The molecule has 3 unspecified atom stereocenters. The Balaban J connectivity index is 1.54. The Morgan fingerprint density at radius 1 is 1.24 bits per heavy atom. The second-order valence-corrected chi connectivity index (χ2v) is 6.23. The van der Waals surface area contributed by atoms with Crippen molar-refractivity contribution in [1.82, 2.24) is 16.2 Å². The van der Waals surface area contributed by atoms with Crippen LogP contribution in [0.25, 0.3) is 0 Å². The van der Waals surface area contributed by atoms with Gasteiger partial charge in [-0.2, -0.15) is 0 Å². The first-order chi connectivity index (χ1) is 12.2. The van der Waals surface area contributed by atoms with Crippen LogP contribution >= 0.6 is 0 Å². The summed E-state index contributed by atoms with van der Waals surface area (Å²) >= 11 is 0. The largest absolute Gasteiger partial charge is 0.497 e. The monoisotopic (exact) mass is 345 g/mol. The van der Waals surface area contributed by atoms with Gasteiger partial charge in [-0.1, -0.05) is 30.3 Å². The SMILES string of the molecule is COc1ccc(C2NNCC2CNCC(O)c2ccccc2F)cc1. The van der Waals surface area contributed by atoms with Crippen molar-refractivity contribution in [3.05, 3.63) is 65.5 Å². The number of hydrogen-bond donors (Lipinski definition) is 4. The highest BCUT2D eigenvalue weighted by Crippen LogP contribution is 2.26. The lowest BCUT2D eigenvalue weighted by Crippen LogP contribution is -2.31. The number of methoxy groups -OCH3 is 1.